The highest BCUT2D eigenvalue weighted by Crippen LogP contribution is 2.25. The zero-order valence-electron chi connectivity index (χ0n) is 10.6. The van der Waals surface area contributed by atoms with Gasteiger partial charge in [0.2, 0.25) is 0 Å². The SMILES string of the molecule is Cc1ccc2cc(CSCC(O)CO)c(Cl)nc2c1. The first-order chi connectivity index (χ1) is 9.10. The van der Waals surface area contributed by atoms with Crippen molar-refractivity contribution in [2.45, 2.75) is 18.8 Å². The van der Waals surface area contributed by atoms with Gasteiger partial charge in [0.25, 0.3) is 0 Å². The van der Waals surface area contributed by atoms with Gasteiger partial charge in [-0.2, -0.15) is 11.8 Å². The molecule has 0 radical (unpaired) electrons. The van der Waals surface area contributed by atoms with Gasteiger partial charge in [0, 0.05) is 22.5 Å². The lowest BCUT2D eigenvalue weighted by Crippen LogP contribution is -2.14. The zero-order valence-corrected chi connectivity index (χ0v) is 12.2. The molecule has 1 unspecified atom stereocenters. The lowest BCUT2D eigenvalue weighted by atomic mass is 10.1. The minimum absolute atomic E-state index is 0.212. The van der Waals surface area contributed by atoms with E-state index in [1.165, 1.54) is 11.8 Å². The Balaban J connectivity index is 2.15. The molecule has 0 aliphatic rings. The van der Waals surface area contributed by atoms with Gasteiger partial charge in [-0.15, -0.1) is 0 Å². The molecule has 0 fully saturated rings. The van der Waals surface area contributed by atoms with Crippen LogP contribution in [0.2, 0.25) is 5.15 Å². The molecule has 0 amide bonds. The van der Waals surface area contributed by atoms with Gasteiger partial charge < -0.3 is 10.2 Å². The Bertz CT molecular complexity index is 577. The van der Waals surface area contributed by atoms with Crippen molar-refractivity contribution in [2.24, 2.45) is 0 Å². The van der Waals surface area contributed by atoms with Gasteiger partial charge in [0.1, 0.15) is 5.15 Å². The first-order valence-electron chi connectivity index (χ1n) is 6.02. The summed E-state index contributed by atoms with van der Waals surface area (Å²) in [4.78, 5) is 4.39. The van der Waals surface area contributed by atoms with Crippen LogP contribution in [-0.4, -0.2) is 33.7 Å². The van der Waals surface area contributed by atoms with Crippen molar-refractivity contribution in [2.75, 3.05) is 12.4 Å². The summed E-state index contributed by atoms with van der Waals surface area (Å²) in [6.45, 7) is 1.81. The van der Waals surface area contributed by atoms with Gasteiger partial charge in [-0.05, 0) is 24.6 Å². The van der Waals surface area contributed by atoms with Crippen LogP contribution >= 0.6 is 23.4 Å². The van der Waals surface area contributed by atoms with Gasteiger partial charge in [-0.25, -0.2) is 4.98 Å². The molecule has 0 bridgehead atoms. The molecule has 19 heavy (non-hydrogen) atoms. The van der Waals surface area contributed by atoms with E-state index in [9.17, 15) is 5.11 Å². The molecule has 0 saturated carbocycles. The van der Waals surface area contributed by atoms with E-state index in [1.54, 1.807) is 0 Å². The predicted octanol–water partition coefficient (Wildman–Crippen LogP) is 2.78. The number of aliphatic hydroxyl groups excluding tert-OH is 2. The second-order valence-electron chi connectivity index (χ2n) is 4.49. The van der Waals surface area contributed by atoms with E-state index in [4.69, 9.17) is 16.7 Å². The number of pyridine rings is 1. The van der Waals surface area contributed by atoms with Crippen molar-refractivity contribution in [3.8, 4) is 0 Å². The van der Waals surface area contributed by atoms with Crippen molar-refractivity contribution < 1.29 is 10.2 Å². The second kappa shape index (κ2) is 6.57. The van der Waals surface area contributed by atoms with Crippen molar-refractivity contribution in [1.29, 1.82) is 0 Å². The summed E-state index contributed by atoms with van der Waals surface area (Å²) >= 11 is 7.70. The fraction of sp³-hybridized carbons (Fsp3) is 0.357. The van der Waals surface area contributed by atoms with E-state index in [0.717, 1.165) is 22.0 Å². The highest BCUT2D eigenvalue weighted by molar-refractivity contribution is 7.98. The number of benzene rings is 1. The maximum absolute atomic E-state index is 9.29. The summed E-state index contributed by atoms with van der Waals surface area (Å²) in [5.41, 5.74) is 3.01. The van der Waals surface area contributed by atoms with E-state index in [1.807, 2.05) is 31.2 Å². The number of hydrogen-bond acceptors (Lipinski definition) is 4. The average molecular weight is 298 g/mol. The van der Waals surface area contributed by atoms with Gasteiger partial charge in [-0.1, -0.05) is 23.7 Å². The highest BCUT2D eigenvalue weighted by atomic mass is 35.5. The van der Waals surface area contributed by atoms with E-state index >= 15 is 0 Å². The van der Waals surface area contributed by atoms with E-state index < -0.39 is 6.10 Å². The molecule has 102 valence electrons. The van der Waals surface area contributed by atoms with Gasteiger partial charge in [0.15, 0.2) is 0 Å². The third kappa shape index (κ3) is 3.83. The Labute approximate surface area is 121 Å². The smallest absolute Gasteiger partial charge is 0.133 e. The highest BCUT2D eigenvalue weighted by Gasteiger charge is 2.07. The van der Waals surface area contributed by atoms with Crippen LogP contribution in [-0.2, 0) is 5.75 Å². The fourth-order valence-corrected chi connectivity index (χ4v) is 2.98. The topological polar surface area (TPSA) is 53.4 Å². The molecule has 0 saturated heterocycles. The molecule has 0 spiro atoms. The number of halogens is 1. The summed E-state index contributed by atoms with van der Waals surface area (Å²) in [5.74, 6) is 1.16. The molecule has 1 aromatic heterocycles. The van der Waals surface area contributed by atoms with Crippen LogP contribution in [0.4, 0.5) is 0 Å². The molecule has 2 N–H and O–H groups in total. The Kier molecular flexibility index (Phi) is 5.05. The van der Waals surface area contributed by atoms with Gasteiger partial charge >= 0.3 is 0 Å². The molecule has 2 rings (SSSR count). The molecular weight excluding hydrogens is 282 g/mol. The summed E-state index contributed by atoms with van der Waals surface area (Å²) in [6, 6.07) is 8.12. The molecule has 0 aliphatic carbocycles. The van der Waals surface area contributed by atoms with Crippen LogP contribution in [0.3, 0.4) is 0 Å². The van der Waals surface area contributed by atoms with Crippen molar-refractivity contribution in [1.82, 2.24) is 4.98 Å². The van der Waals surface area contributed by atoms with E-state index in [0.29, 0.717) is 16.7 Å². The number of nitrogens with zero attached hydrogens (tertiary/aromatic N) is 1. The number of aromatic nitrogens is 1. The van der Waals surface area contributed by atoms with E-state index in [2.05, 4.69) is 4.98 Å². The number of fused-ring (bicyclic) bond motifs is 1. The average Bonchev–Trinajstić information content (AvgIpc) is 2.39. The Morgan fingerprint density at radius 2 is 2.16 bits per heavy atom. The van der Waals surface area contributed by atoms with Crippen LogP contribution in [0.1, 0.15) is 11.1 Å². The quantitative estimate of drug-likeness (QED) is 0.833. The second-order valence-corrected chi connectivity index (χ2v) is 5.87. The molecular formula is C14H16ClNO2S. The first-order valence-corrected chi connectivity index (χ1v) is 7.56. The van der Waals surface area contributed by atoms with Crippen LogP contribution in [0, 0.1) is 6.92 Å². The first kappa shape index (κ1) is 14.6. The minimum atomic E-state index is -0.681. The van der Waals surface area contributed by atoms with Crippen LogP contribution in [0.5, 0.6) is 0 Å². The number of aliphatic hydroxyl groups is 2. The normalized spacial score (nSPS) is 12.8. The maximum atomic E-state index is 9.29. The monoisotopic (exact) mass is 297 g/mol. The summed E-state index contributed by atoms with van der Waals surface area (Å²) in [5, 5.41) is 19.6. The Hall–Kier alpha value is -0.810. The Morgan fingerprint density at radius 3 is 2.89 bits per heavy atom. The molecule has 1 atom stereocenters. The number of thioether (sulfide) groups is 1. The van der Waals surface area contributed by atoms with Crippen molar-refractivity contribution >= 4 is 34.3 Å². The van der Waals surface area contributed by atoms with Gasteiger partial charge in [-0.3, -0.25) is 0 Å². The lowest BCUT2D eigenvalue weighted by molar-refractivity contribution is 0.113. The number of aryl methyl sites for hydroxylation is 1. The van der Waals surface area contributed by atoms with E-state index in [-0.39, 0.29) is 6.61 Å². The lowest BCUT2D eigenvalue weighted by Gasteiger charge is -2.09. The molecule has 2 aromatic rings. The molecule has 1 heterocycles. The van der Waals surface area contributed by atoms with Crippen LogP contribution in [0.15, 0.2) is 24.3 Å². The predicted molar refractivity (Wildman–Crippen MR) is 80.7 cm³/mol. The minimum Gasteiger partial charge on any atom is -0.394 e. The number of hydrogen-bond donors (Lipinski definition) is 2. The summed E-state index contributed by atoms with van der Waals surface area (Å²) < 4.78 is 0. The van der Waals surface area contributed by atoms with Crippen LogP contribution < -0.4 is 0 Å². The largest absolute Gasteiger partial charge is 0.394 e. The van der Waals surface area contributed by atoms with Crippen LogP contribution in [0.25, 0.3) is 10.9 Å². The maximum Gasteiger partial charge on any atom is 0.133 e. The third-order valence-electron chi connectivity index (χ3n) is 2.78. The van der Waals surface area contributed by atoms with Gasteiger partial charge in [0.05, 0.1) is 18.2 Å². The fourth-order valence-electron chi connectivity index (χ4n) is 1.76. The molecule has 0 aliphatic heterocycles. The molecule has 3 nitrogen and oxygen atoms in total. The van der Waals surface area contributed by atoms with Crippen molar-refractivity contribution in [3.05, 3.63) is 40.5 Å². The third-order valence-corrected chi connectivity index (χ3v) is 4.24. The molecule has 5 heteroatoms. The van der Waals surface area contributed by atoms with Crippen molar-refractivity contribution in [3.63, 3.8) is 0 Å². The zero-order chi connectivity index (χ0) is 13.8. The summed E-state index contributed by atoms with van der Waals surface area (Å²) in [6.07, 6.45) is -0.681. The number of rotatable bonds is 5. The molecule has 1 aromatic carbocycles. The Morgan fingerprint density at radius 1 is 1.37 bits per heavy atom. The summed E-state index contributed by atoms with van der Waals surface area (Å²) in [7, 11) is 0. The standard InChI is InChI=1S/C14H16ClNO2S/c1-9-2-3-10-5-11(7-19-8-12(18)6-17)14(15)16-13(10)4-9/h2-5,12,17-18H,6-8H2,1H3.